The maximum absolute atomic E-state index is 13.3. The highest BCUT2D eigenvalue weighted by Crippen LogP contribution is 2.17. The minimum Gasteiger partial charge on any atom is -0.478 e. The average Bonchev–Trinajstić information content (AvgIpc) is 2.38. The molecule has 0 aliphatic carbocycles. The van der Waals surface area contributed by atoms with E-state index in [9.17, 15) is 9.18 Å². The van der Waals surface area contributed by atoms with Crippen LogP contribution in [0.2, 0.25) is 0 Å². The molecule has 1 heterocycles. The Morgan fingerprint density at radius 1 is 1.58 bits per heavy atom. The molecule has 0 saturated carbocycles. The van der Waals surface area contributed by atoms with Gasteiger partial charge in [0.1, 0.15) is 5.82 Å². The smallest absolute Gasteiger partial charge is 0.336 e. The number of carbonyl (C=O) groups is 1. The Bertz CT molecular complexity index is 464. The van der Waals surface area contributed by atoms with E-state index in [0.29, 0.717) is 18.7 Å². The summed E-state index contributed by atoms with van der Waals surface area (Å²) in [4.78, 5) is 13.2. The first kappa shape index (κ1) is 14.0. The molecule has 1 unspecified atom stereocenters. The van der Waals surface area contributed by atoms with Crippen LogP contribution in [0.5, 0.6) is 0 Å². The van der Waals surface area contributed by atoms with Crippen LogP contribution in [-0.4, -0.2) is 41.8 Å². The van der Waals surface area contributed by atoms with Gasteiger partial charge in [-0.05, 0) is 30.2 Å². The number of ether oxygens (including phenoxy) is 1. The van der Waals surface area contributed by atoms with Crippen molar-refractivity contribution in [2.45, 2.75) is 26.0 Å². The van der Waals surface area contributed by atoms with Gasteiger partial charge in [-0.3, -0.25) is 4.90 Å². The molecule has 1 aromatic rings. The molecule has 0 radical (unpaired) electrons. The highest BCUT2D eigenvalue weighted by Gasteiger charge is 2.21. The summed E-state index contributed by atoms with van der Waals surface area (Å²) in [6, 6.07) is 3.81. The van der Waals surface area contributed by atoms with Crippen molar-refractivity contribution in [1.82, 2.24) is 4.90 Å². The molecule has 0 amide bonds. The van der Waals surface area contributed by atoms with Gasteiger partial charge in [0.25, 0.3) is 0 Å². The molecule has 1 aliphatic rings. The molecule has 4 nitrogen and oxygen atoms in total. The van der Waals surface area contributed by atoms with Crippen molar-refractivity contribution in [1.29, 1.82) is 0 Å². The average molecular weight is 267 g/mol. The van der Waals surface area contributed by atoms with Gasteiger partial charge in [-0.2, -0.15) is 0 Å². The van der Waals surface area contributed by atoms with Crippen LogP contribution in [-0.2, 0) is 11.3 Å². The van der Waals surface area contributed by atoms with E-state index in [2.05, 4.69) is 11.8 Å². The van der Waals surface area contributed by atoms with Gasteiger partial charge in [0.05, 0.1) is 18.3 Å². The normalized spacial score (nSPS) is 20.4. The molecule has 5 heteroatoms. The predicted molar refractivity (Wildman–Crippen MR) is 68.7 cm³/mol. The van der Waals surface area contributed by atoms with Gasteiger partial charge in [-0.1, -0.05) is 6.92 Å². The summed E-state index contributed by atoms with van der Waals surface area (Å²) in [5.74, 6) is -1.42. The van der Waals surface area contributed by atoms with Crippen LogP contribution in [0.4, 0.5) is 4.39 Å². The minimum absolute atomic E-state index is 0.168. The minimum atomic E-state index is -1.02. The van der Waals surface area contributed by atoms with E-state index in [1.54, 1.807) is 0 Å². The molecule has 1 fully saturated rings. The number of carboxylic acid groups (broad SMARTS) is 1. The number of aromatic carboxylic acids is 1. The molecule has 0 aromatic heterocycles. The fourth-order valence-electron chi connectivity index (χ4n) is 2.31. The van der Waals surface area contributed by atoms with E-state index in [1.165, 1.54) is 18.2 Å². The maximum Gasteiger partial charge on any atom is 0.336 e. The lowest BCUT2D eigenvalue weighted by Crippen LogP contribution is -2.41. The summed E-state index contributed by atoms with van der Waals surface area (Å²) in [6.07, 6.45) is 1.10. The molecule has 19 heavy (non-hydrogen) atoms. The number of morpholine rings is 1. The van der Waals surface area contributed by atoms with Crippen molar-refractivity contribution in [3.8, 4) is 0 Å². The standard InChI is InChI=1S/C14H18FNO3/c1-2-12-9-16(5-6-19-12)8-10-7-11(15)3-4-13(10)14(17)18/h3-4,7,12H,2,5-6,8-9H2,1H3,(H,17,18). The Hall–Kier alpha value is -1.46. The lowest BCUT2D eigenvalue weighted by molar-refractivity contribution is -0.0325. The molecule has 2 rings (SSSR count). The van der Waals surface area contributed by atoms with Crippen LogP contribution < -0.4 is 0 Å². The van der Waals surface area contributed by atoms with Crippen molar-refractivity contribution in [3.63, 3.8) is 0 Å². The van der Waals surface area contributed by atoms with Gasteiger partial charge in [0.15, 0.2) is 0 Å². The van der Waals surface area contributed by atoms with E-state index in [4.69, 9.17) is 9.84 Å². The van der Waals surface area contributed by atoms with E-state index in [0.717, 1.165) is 19.5 Å². The first-order valence-electron chi connectivity index (χ1n) is 6.45. The maximum atomic E-state index is 13.3. The van der Waals surface area contributed by atoms with E-state index in [1.807, 2.05) is 0 Å². The molecule has 104 valence electrons. The molecule has 1 saturated heterocycles. The van der Waals surface area contributed by atoms with Crippen LogP contribution in [0.25, 0.3) is 0 Å². The summed E-state index contributed by atoms with van der Waals surface area (Å²) in [5.41, 5.74) is 0.685. The fourth-order valence-corrected chi connectivity index (χ4v) is 2.31. The summed E-state index contributed by atoms with van der Waals surface area (Å²) < 4.78 is 18.8. The Morgan fingerprint density at radius 3 is 3.05 bits per heavy atom. The van der Waals surface area contributed by atoms with Crippen molar-refractivity contribution in [3.05, 3.63) is 35.1 Å². The highest BCUT2D eigenvalue weighted by molar-refractivity contribution is 5.89. The highest BCUT2D eigenvalue weighted by atomic mass is 19.1. The molecule has 0 spiro atoms. The number of halogens is 1. The second-order valence-corrected chi connectivity index (χ2v) is 4.74. The molecular formula is C14H18FNO3. The van der Waals surface area contributed by atoms with Crippen LogP contribution in [0.15, 0.2) is 18.2 Å². The van der Waals surface area contributed by atoms with Gasteiger partial charge >= 0.3 is 5.97 Å². The van der Waals surface area contributed by atoms with Gasteiger partial charge < -0.3 is 9.84 Å². The van der Waals surface area contributed by atoms with E-state index < -0.39 is 11.8 Å². The predicted octanol–water partition coefficient (Wildman–Crippen LogP) is 2.13. The summed E-state index contributed by atoms with van der Waals surface area (Å²) in [5, 5.41) is 9.12. The van der Waals surface area contributed by atoms with Gasteiger partial charge in [0.2, 0.25) is 0 Å². The molecular weight excluding hydrogens is 249 g/mol. The van der Waals surface area contributed by atoms with Gasteiger partial charge in [-0.15, -0.1) is 0 Å². The van der Waals surface area contributed by atoms with E-state index in [-0.39, 0.29) is 11.7 Å². The first-order chi connectivity index (χ1) is 9.10. The summed E-state index contributed by atoms with van der Waals surface area (Å²) >= 11 is 0. The van der Waals surface area contributed by atoms with Crippen LogP contribution in [0.1, 0.15) is 29.3 Å². The summed E-state index contributed by atoms with van der Waals surface area (Å²) in [6.45, 7) is 4.63. The molecule has 1 atom stereocenters. The number of benzene rings is 1. The Balaban J connectivity index is 2.13. The third kappa shape index (κ3) is 3.52. The Labute approximate surface area is 111 Å². The second-order valence-electron chi connectivity index (χ2n) is 4.74. The van der Waals surface area contributed by atoms with Crippen molar-refractivity contribution in [2.75, 3.05) is 19.7 Å². The number of hydrogen-bond acceptors (Lipinski definition) is 3. The van der Waals surface area contributed by atoms with Crippen molar-refractivity contribution >= 4 is 5.97 Å². The number of nitrogens with zero attached hydrogens (tertiary/aromatic N) is 1. The monoisotopic (exact) mass is 267 g/mol. The molecule has 1 N–H and O–H groups in total. The Kier molecular flexibility index (Phi) is 4.50. The van der Waals surface area contributed by atoms with E-state index >= 15 is 0 Å². The molecule has 1 aliphatic heterocycles. The second kappa shape index (κ2) is 6.12. The molecule has 0 bridgehead atoms. The number of carboxylic acids is 1. The largest absolute Gasteiger partial charge is 0.478 e. The van der Waals surface area contributed by atoms with Gasteiger partial charge in [-0.25, -0.2) is 9.18 Å². The van der Waals surface area contributed by atoms with Crippen molar-refractivity contribution in [2.24, 2.45) is 0 Å². The third-order valence-electron chi connectivity index (χ3n) is 3.37. The first-order valence-corrected chi connectivity index (χ1v) is 6.45. The van der Waals surface area contributed by atoms with Crippen molar-refractivity contribution < 1.29 is 19.0 Å². The number of hydrogen-bond donors (Lipinski definition) is 1. The summed E-state index contributed by atoms with van der Waals surface area (Å²) in [7, 11) is 0. The quantitative estimate of drug-likeness (QED) is 0.908. The van der Waals surface area contributed by atoms with Gasteiger partial charge in [0, 0.05) is 19.6 Å². The SMILES string of the molecule is CCC1CN(Cc2cc(F)ccc2C(=O)O)CCO1. The fraction of sp³-hybridized carbons (Fsp3) is 0.500. The zero-order valence-electron chi connectivity index (χ0n) is 10.9. The van der Waals surface area contributed by atoms with Crippen LogP contribution >= 0.6 is 0 Å². The zero-order valence-corrected chi connectivity index (χ0v) is 10.9. The topological polar surface area (TPSA) is 49.8 Å². The lowest BCUT2D eigenvalue weighted by atomic mass is 10.1. The zero-order chi connectivity index (χ0) is 13.8. The van der Waals surface area contributed by atoms with Crippen LogP contribution in [0, 0.1) is 5.82 Å². The Morgan fingerprint density at radius 2 is 2.37 bits per heavy atom. The third-order valence-corrected chi connectivity index (χ3v) is 3.37. The van der Waals surface area contributed by atoms with Crippen LogP contribution in [0.3, 0.4) is 0 Å². The molecule has 1 aromatic carbocycles. The lowest BCUT2D eigenvalue weighted by Gasteiger charge is -2.32. The number of rotatable bonds is 4.